The van der Waals surface area contributed by atoms with Gasteiger partial charge in [0.25, 0.3) is 5.91 Å². The molecule has 19 heavy (non-hydrogen) atoms. The smallest absolute Gasteiger partial charge is 0.252 e. The summed E-state index contributed by atoms with van der Waals surface area (Å²) < 4.78 is 4.72. The molecule has 0 aliphatic heterocycles. The average Bonchev–Trinajstić information content (AvgIpc) is 2.87. The van der Waals surface area contributed by atoms with Gasteiger partial charge in [0.15, 0.2) is 0 Å². The molecular weight excluding hydrogens is 287 g/mol. The summed E-state index contributed by atoms with van der Waals surface area (Å²) in [6, 6.07) is 4.80. The minimum absolute atomic E-state index is 0.202. The van der Waals surface area contributed by atoms with Gasteiger partial charge in [-0.2, -0.15) is 0 Å². The summed E-state index contributed by atoms with van der Waals surface area (Å²) in [6.45, 7) is 0.559. The quantitative estimate of drug-likeness (QED) is 0.861. The van der Waals surface area contributed by atoms with E-state index in [0.717, 1.165) is 18.4 Å². The van der Waals surface area contributed by atoms with Crippen LogP contribution in [0.3, 0.4) is 0 Å². The Kier molecular flexibility index (Phi) is 4.82. The van der Waals surface area contributed by atoms with Crippen LogP contribution in [0.1, 0.15) is 22.3 Å². The van der Waals surface area contributed by atoms with Crippen molar-refractivity contribution in [3.63, 3.8) is 0 Å². The first kappa shape index (κ1) is 13.9. The summed E-state index contributed by atoms with van der Waals surface area (Å²) >= 11 is 11.7. The zero-order chi connectivity index (χ0) is 13.7. The summed E-state index contributed by atoms with van der Waals surface area (Å²) in [5.74, 6) is -0.202. The summed E-state index contributed by atoms with van der Waals surface area (Å²) in [4.78, 5) is 11.9. The largest absolute Gasteiger partial charge is 0.364 e. The Morgan fingerprint density at radius 1 is 1.37 bits per heavy atom. The molecule has 1 amide bonds. The van der Waals surface area contributed by atoms with E-state index in [4.69, 9.17) is 27.7 Å². The van der Waals surface area contributed by atoms with E-state index in [0.29, 0.717) is 22.2 Å². The second kappa shape index (κ2) is 6.59. The number of aryl methyl sites for hydroxylation is 1. The second-order valence-corrected chi connectivity index (χ2v) is 4.86. The number of amides is 1. The van der Waals surface area contributed by atoms with Gasteiger partial charge in [0, 0.05) is 17.1 Å². The minimum atomic E-state index is -0.202. The number of rotatable bonds is 5. The second-order valence-electron chi connectivity index (χ2n) is 4.02. The van der Waals surface area contributed by atoms with Crippen molar-refractivity contribution in [3.05, 3.63) is 51.8 Å². The lowest BCUT2D eigenvalue weighted by atomic mass is 10.2. The number of benzene rings is 1. The predicted octanol–water partition coefficient (Wildman–Crippen LogP) is 3.34. The molecule has 0 aliphatic carbocycles. The average molecular weight is 299 g/mol. The van der Waals surface area contributed by atoms with E-state index in [9.17, 15) is 4.79 Å². The molecule has 0 spiro atoms. The van der Waals surface area contributed by atoms with E-state index in [1.807, 2.05) is 0 Å². The highest BCUT2D eigenvalue weighted by molar-refractivity contribution is 6.36. The highest BCUT2D eigenvalue weighted by Crippen LogP contribution is 2.20. The molecule has 1 heterocycles. The van der Waals surface area contributed by atoms with Crippen LogP contribution in [0.4, 0.5) is 0 Å². The lowest BCUT2D eigenvalue weighted by molar-refractivity contribution is 0.0953. The molecule has 0 radical (unpaired) electrons. The third-order valence-corrected chi connectivity index (χ3v) is 3.13. The van der Waals surface area contributed by atoms with Crippen molar-refractivity contribution in [1.82, 2.24) is 10.5 Å². The zero-order valence-electron chi connectivity index (χ0n) is 10.0. The van der Waals surface area contributed by atoms with Crippen molar-refractivity contribution in [3.8, 4) is 0 Å². The van der Waals surface area contributed by atoms with E-state index in [2.05, 4.69) is 10.5 Å². The van der Waals surface area contributed by atoms with Crippen LogP contribution in [0, 0.1) is 0 Å². The maximum absolute atomic E-state index is 11.9. The first-order valence-electron chi connectivity index (χ1n) is 5.78. The summed E-state index contributed by atoms with van der Waals surface area (Å²) in [5, 5.41) is 7.27. The number of carbonyl (C=O) groups excluding carboxylic acids is 1. The van der Waals surface area contributed by atoms with Crippen molar-refractivity contribution in [1.29, 1.82) is 0 Å². The third-order valence-electron chi connectivity index (χ3n) is 2.59. The van der Waals surface area contributed by atoms with Gasteiger partial charge in [-0.15, -0.1) is 0 Å². The van der Waals surface area contributed by atoms with Crippen LogP contribution in [0.2, 0.25) is 10.0 Å². The molecule has 0 bridgehead atoms. The standard InChI is InChI=1S/C13H12Cl2N2O2/c14-10-3-4-11(12(15)6-10)13(18)16-5-1-2-9-7-17-19-8-9/h3-4,6-8H,1-2,5H2,(H,16,18). The van der Waals surface area contributed by atoms with Gasteiger partial charge in [-0.25, -0.2) is 0 Å². The number of nitrogens with one attached hydrogen (secondary N) is 1. The van der Waals surface area contributed by atoms with E-state index in [-0.39, 0.29) is 5.91 Å². The number of hydrogen-bond acceptors (Lipinski definition) is 3. The maximum Gasteiger partial charge on any atom is 0.252 e. The Morgan fingerprint density at radius 3 is 2.89 bits per heavy atom. The van der Waals surface area contributed by atoms with Crippen molar-refractivity contribution >= 4 is 29.1 Å². The number of hydrogen-bond donors (Lipinski definition) is 1. The molecule has 1 aromatic carbocycles. The summed E-state index contributed by atoms with van der Waals surface area (Å²) in [7, 11) is 0. The minimum Gasteiger partial charge on any atom is -0.364 e. The van der Waals surface area contributed by atoms with Crippen LogP contribution in [0.15, 0.2) is 35.2 Å². The monoisotopic (exact) mass is 298 g/mol. The summed E-state index contributed by atoms with van der Waals surface area (Å²) in [5.41, 5.74) is 1.44. The van der Waals surface area contributed by atoms with Gasteiger partial charge < -0.3 is 9.84 Å². The van der Waals surface area contributed by atoms with Crippen LogP contribution in [0.5, 0.6) is 0 Å². The zero-order valence-corrected chi connectivity index (χ0v) is 11.5. The van der Waals surface area contributed by atoms with Crippen molar-refractivity contribution < 1.29 is 9.32 Å². The first-order chi connectivity index (χ1) is 9.16. The van der Waals surface area contributed by atoms with Crippen LogP contribution in [0.25, 0.3) is 0 Å². The topological polar surface area (TPSA) is 55.1 Å². The van der Waals surface area contributed by atoms with E-state index in [1.54, 1.807) is 30.7 Å². The fourth-order valence-corrected chi connectivity index (χ4v) is 2.11. The number of carbonyl (C=O) groups is 1. The van der Waals surface area contributed by atoms with E-state index < -0.39 is 0 Å². The fourth-order valence-electron chi connectivity index (χ4n) is 1.61. The Labute approximate surface area is 120 Å². The van der Waals surface area contributed by atoms with Crippen molar-refractivity contribution in [2.24, 2.45) is 0 Å². The van der Waals surface area contributed by atoms with Gasteiger partial charge >= 0.3 is 0 Å². The molecule has 0 atom stereocenters. The first-order valence-corrected chi connectivity index (χ1v) is 6.54. The van der Waals surface area contributed by atoms with Gasteiger partial charge in [-0.1, -0.05) is 28.4 Å². The van der Waals surface area contributed by atoms with Gasteiger partial charge in [0.2, 0.25) is 0 Å². The SMILES string of the molecule is O=C(NCCCc1cnoc1)c1ccc(Cl)cc1Cl. The lowest BCUT2D eigenvalue weighted by Crippen LogP contribution is -2.25. The number of nitrogens with zero attached hydrogens (tertiary/aromatic N) is 1. The molecule has 100 valence electrons. The lowest BCUT2D eigenvalue weighted by Gasteiger charge is -2.06. The fraction of sp³-hybridized carbons (Fsp3) is 0.231. The highest BCUT2D eigenvalue weighted by atomic mass is 35.5. The predicted molar refractivity (Wildman–Crippen MR) is 73.6 cm³/mol. The van der Waals surface area contributed by atoms with Gasteiger partial charge in [0.1, 0.15) is 6.26 Å². The van der Waals surface area contributed by atoms with E-state index >= 15 is 0 Å². The van der Waals surface area contributed by atoms with Crippen LogP contribution in [-0.2, 0) is 6.42 Å². The Morgan fingerprint density at radius 2 is 2.21 bits per heavy atom. The molecule has 2 rings (SSSR count). The molecule has 6 heteroatoms. The molecule has 2 aromatic rings. The molecule has 4 nitrogen and oxygen atoms in total. The molecule has 1 N–H and O–H groups in total. The summed E-state index contributed by atoms with van der Waals surface area (Å²) in [6.07, 6.45) is 4.87. The Balaban J connectivity index is 1.81. The Bertz CT molecular complexity index is 556. The van der Waals surface area contributed by atoms with Crippen LogP contribution < -0.4 is 5.32 Å². The molecule has 1 aromatic heterocycles. The molecular formula is C13H12Cl2N2O2. The molecule has 0 aliphatic rings. The van der Waals surface area contributed by atoms with Crippen LogP contribution >= 0.6 is 23.2 Å². The molecule has 0 fully saturated rings. The van der Waals surface area contributed by atoms with Gasteiger partial charge in [-0.05, 0) is 31.0 Å². The van der Waals surface area contributed by atoms with Crippen molar-refractivity contribution in [2.45, 2.75) is 12.8 Å². The number of halogens is 2. The van der Waals surface area contributed by atoms with Gasteiger partial charge in [0.05, 0.1) is 16.8 Å². The normalized spacial score (nSPS) is 10.4. The Hall–Kier alpha value is -1.52. The molecule has 0 saturated heterocycles. The highest BCUT2D eigenvalue weighted by Gasteiger charge is 2.09. The van der Waals surface area contributed by atoms with E-state index in [1.165, 1.54) is 0 Å². The van der Waals surface area contributed by atoms with Crippen molar-refractivity contribution in [2.75, 3.05) is 6.54 Å². The van der Waals surface area contributed by atoms with Gasteiger partial charge in [-0.3, -0.25) is 4.79 Å². The number of aromatic nitrogens is 1. The maximum atomic E-state index is 11.9. The molecule has 0 saturated carbocycles. The van der Waals surface area contributed by atoms with Crippen LogP contribution in [-0.4, -0.2) is 17.6 Å². The molecule has 0 unspecified atom stereocenters. The third kappa shape index (κ3) is 3.98.